The minimum Gasteiger partial charge on any atom is -0.375 e. The molecule has 2 nitrogen and oxygen atoms in total. The van der Waals surface area contributed by atoms with Crippen LogP contribution in [-0.4, -0.2) is 17.7 Å². The van der Waals surface area contributed by atoms with Crippen molar-refractivity contribution >= 4 is 0 Å². The number of nitrogens with two attached hydrogens (primary N) is 1. The summed E-state index contributed by atoms with van der Waals surface area (Å²) in [5.41, 5.74) is 6.60. The van der Waals surface area contributed by atoms with Gasteiger partial charge in [-0.25, -0.2) is 0 Å². The lowest BCUT2D eigenvalue weighted by Gasteiger charge is -2.38. The van der Waals surface area contributed by atoms with Gasteiger partial charge in [0, 0.05) is 5.54 Å². The summed E-state index contributed by atoms with van der Waals surface area (Å²) in [6, 6.07) is 0. The average molecular weight is 225 g/mol. The Balaban J connectivity index is 1.80. The van der Waals surface area contributed by atoms with E-state index in [2.05, 4.69) is 13.8 Å². The molecule has 0 aromatic carbocycles. The predicted molar refractivity (Wildman–Crippen MR) is 67.4 cm³/mol. The minimum absolute atomic E-state index is 0.0837. The van der Waals surface area contributed by atoms with Gasteiger partial charge in [0.2, 0.25) is 0 Å². The van der Waals surface area contributed by atoms with Crippen molar-refractivity contribution in [3.63, 3.8) is 0 Å². The third kappa shape index (κ3) is 2.98. The fourth-order valence-electron chi connectivity index (χ4n) is 3.35. The molecule has 0 aromatic heterocycles. The Morgan fingerprint density at radius 1 is 1.19 bits per heavy atom. The summed E-state index contributed by atoms with van der Waals surface area (Å²) in [7, 11) is 0. The quantitative estimate of drug-likeness (QED) is 0.800. The molecule has 1 saturated heterocycles. The van der Waals surface area contributed by atoms with Gasteiger partial charge in [0.05, 0.1) is 12.2 Å². The molecule has 2 heteroatoms. The number of hydrogen-bond acceptors (Lipinski definition) is 2. The second-order valence-corrected chi connectivity index (χ2v) is 6.06. The second kappa shape index (κ2) is 5.05. The molecular formula is C14H27NO. The van der Waals surface area contributed by atoms with E-state index in [0.29, 0.717) is 12.2 Å². The summed E-state index contributed by atoms with van der Waals surface area (Å²) in [4.78, 5) is 0. The molecule has 0 radical (unpaired) electrons. The van der Waals surface area contributed by atoms with E-state index in [1.165, 1.54) is 44.9 Å². The van der Waals surface area contributed by atoms with Crippen LogP contribution in [0.15, 0.2) is 0 Å². The van der Waals surface area contributed by atoms with Gasteiger partial charge in [-0.1, -0.05) is 13.3 Å². The maximum absolute atomic E-state index is 6.52. The number of hydrogen-bond donors (Lipinski definition) is 1. The lowest BCUT2D eigenvalue weighted by atomic mass is 9.73. The lowest BCUT2D eigenvalue weighted by Crippen LogP contribution is -2.45. The van der Waals surface area contributed by atoms with E-state index in [4.69, 9.17) is 10.5 Å². The Hall–Kier alpha value is -0.0800. The third-order valence-corrected chi connectivity index (χ3v) is 4.63. The molecule has 2 unspecified atom stereocenters. The van der Waals surface area contributed by atoms with Gasteiger partial charge in [-0.2, -0.15) is 0 Å². The van der Waals surface area contributed by atoms with Crippen LogP contribution >= 0.6 is 0 Å². The smallest absolute Gasteiger partial charge is 0.0597 e. The van der Waals surface area contributed by atoms with Crippen molar-refractivity contribution in [3.8, 4) is 0 Å². The molecule has 2 N–H and O–H groups in total. The van der Waals surface area contributed by atoms with Crippen LogP contribution in [0, 0.1) is 5.92 Å². The first kappa shape index (κ1) is 12.4. The van der Waals surface area contributed by atoms with Crippen LogP contribution in [0.1, 0.15) is 65.2 Å². The molecule has 1 aliphatic carbocycles. The van der Waals surface area contributed by atoms with Crippen LogP contribution in [0.2, 0.25) is 0 Å². The SMILES string of the molecule is CCC1CCC(N)(CC2CCC(C)O2)CC1. The molecule has 2 rings (SSSR count). The van der Waals surface area contributed by atoms with Gasteiger partial charge in [0.15, 0.2) is 0 Å². The summed E-state index contributed by atoms with van der Waals surface area (Å²) in [6.07, 6.45) is 10.8. The Labute approximate surface area is 99.9 Å². The van der Waals surface area contributed by atoms with E-state index in [9.17, 15) is 0 Å². The Bertz CT molecular complexity index is 221. The molecular weight excluding hydrogens is 198 g/mol. The van der Waals surface area contributed by atoms with Gasteiger partial charge in [-0.15, -0.1) is 0 Å². The van der Waals surface area contributed by atoms with E-state index < -0.39 is 0 Å². The zero-order valence-electron chi connectivity index (χ0n) is 10.9. The van der Waals surface area contributed by atoms with Crippen LogP contribution in [0.4, 0.5) is 0 Å². The van der Waals surface area contributed by atoms with Crippen molar-refractivity contribution in [1.82, 2.24) is 0 Å². The Morgan fingerprint density at radius 3 is 2.38 bits per heavy atom. The molecule has 94 valence electrons. The van der Waals surface area contributed by atoms with Crippen LogP contribution in [0.5, 0.6) is 0 Å². The van der Waals surface area contributed by atoms with Crippen molar-refractivity contribution in [1.29, 1.82) is 0 Å². The molecule has 0 spiro atoms. The van der Waals surface area contributed by atoms with E-state index in [-0.39, 0.29) is 5.54 Å². The van der Waals surface area contributed by atoms with Gasteiger partial charge in [-0.05, 0) is 57.8 Å². The lowest BCUT2D eigenvalue weighted by molar-refractivity contribution is 0.0287. The molecule has 1 saturated carbocycles. The van der Waals surface area contributed by atoms with Gasteiger partial charge in [-0.3, -0.25) is 0 Å². The molecule has 0 bridgehead atoms. The maximum Gasteiger partial charge on any atom is 0.0597 e. The molecule has 0 amide bonds. The van der Waals surface area contributed by atoms with E-state index in [1.807, 2.05) is 0 Å². The van der Waals surface area contributed by atoms with Crippen molar-refractivity contribution in [2.24, 2.45) is 11.7 Å². The molecule has 16 heavy (non-hydrogen) atoms. The first-order chi connectivity index (χ1) is 7.61. The third-order valence-electron chi connectivity index (χ3n) is 4.63. The summed E-state index contributed by atoms with van der Waals surface area (Å²) < 4.78 is 5.90. The van der Waals surface area contributed by atoms with E-state index in [0.717, 1.165) is 12.3 Å². The van der Waals surface area contributed by atoms with Crippen LogP contribution in [0.25, 0.3) is 0 Å². The maximum atomic E-state index is 6.52. The second-order valence-electron chi connectivity index (χ2n) is 6.06. The van der Waals surface area contributed by atoms with Gasteiger partial charge >= 0.3 is 0 Å². The first-order valence-corrected chi connectivity index (χ1v) is 7.05. The first-order valence-electron chi connectivity index (χ1n) is 7.05. The molecule has 1 heterocycles. The molecule has 2 fully saturated rings. The molecule has 2 aliphatic rings. The van der Waals surface area contributed by atoms with Gasteiger partial charge in [0.25, 0.3) is 0 Å². The van der Waals surface area contributed by atoms with Crippen LogP contribution in [-0.2, 0) is 4.74 Å². The fourth-order valence-corrected chi connectivity index (χ4v) is 3.35. The van der Waals surface area contributed by atoms with Crippen molar-refractivity contribution in [2.75, 3.05) is 0 Å². The summed E-state index contributed by atoms with van der Waals surface area (Å²) in [5.74, 6) is 0.931. The molecule has 1 aliphatic heterocycles. The van der Waals surface area contributed by atoms with Gasteiger partial charge < -0.3 is 10.5 Å². The Kier molecular flexibility index (Phi) is 3.91. The largest absolute Gasteiger partial charge is 0.375 e. The van der Waals surface area contributed by atoms with Crippen molar-refractivity contribution in [2.45, 2.75) is 83.0 Å². The van der Waals surface area contributed by atoms with Gasteiger partial charge in [0.1, 0.15) is 0 Å². The highest BCUT2D eigenvalue weighted by molar-refractivity contribution is 4.92. The molecule has 2 atom stereocenters. The zero-order valence-corrected chi connectivity index (χ0v) is 10.9. The van der Waals surface area contributed by atoms with E-state index in [1.54, 1.807) is 0 Å². The zero-order chi connectivity index (χ0) is 11.6. The summed E-state index contributed by atoms with van der Waals surface area (Å²) in [6.45, 7) is 4.48. The fraction of sp³-hybridized carbons (Fsp3) is 1.00. The standard InChI is InChI=1S/C14H27NO/c1-3-12-6-8-14(15,9-7-12)10-13-5-4-11(2)16-13/h11-13H,3-10,15H2,1-2H3. The van der Waals surface area contributed by atoms with Crippen molar-refractivity contribution in [3.05, 3.63) is 0 Å². The number of rotatable bonds is 3. The number of ether oxygens (including phenoxy) is 1. The average Bonchev–Trinajstić information content (AvgIpc) is 2.64. The highest BCUT2D eigenvalue weighted by atomic mass is 16.5. The monoisotopic (exact) mass is 225 g/mol. The van der Waals surface area contributed by atoms with Crippen LogP contribution in [0.3, 0.4) is 0 Å². The highest BCUT2D eigenvalue weighted by Crippen LogP contribution is 2.37. The Morgan fingerprint density at radius 2 is 1.88 bits per heavy atom. The summed E-state index contributed by atoms with van der Waals surface area (Å²) >= 11 is 0. The van der Waals surface area contributed by atoms with E-state index >= 15 is 0 Å². The predicted octanol–water partition coefficient (Wildman–Crippen LogP) is 3.24. The minimum atomic E-state index is 0.0837. The van der Waals surface area contributed by atoms with Crippen molar-refractivity contribution < 1.29 is 4.74 Å². The topological polar surface area (TPSA) is 35.2 Å². The molecule has 0 aromatic rings. The summed E-state index contributed by atoms with van der Waals surface area (Å²) in [5, 5.41) is 0. The normalized spacial score (nSPS) is 44.8. The highest BCUT2D eigenvalue weighted by Gasteiger charge is 2.35. The van der Waals surface area contributed by atoms with Crippen LogP contribution < -0.4 is 5.73 Å².